The molecule has 38 heavy (non-hydrogen) atoms. The number of hydrogen-bond donors (Lipinski definition) is 2. The van der Waals surface area contributed by atoms with Gasteiger partial charge in [-0.15, -0.1) is 0 Å². The minimum absolute atomic E-state index is 0.376. The minimum Gasteiger partial charge on any atom is -0.497 e. The molecule has 0 unspecified atom stereocenters. The van der Waals surface area contributed by atoms with E-state index in [4.69, 9.17) is 18.9 Å². The van der Waals surface area contributed by atoms with Crippen LogP contribution in [-0.4, -0.2) is 51.1 Å². The number of ether oxygens (including phenoxy) is 4. The highest BCUT2D eigenvalue weighted by molar-refractivity contribution is 5.80. The second kappa shape index (κ2) is 12.2. The third kappa shape index (κ3) is 5.85. The monoisotopic (exact) mass is 517 g/mol. The first-order valence-corrected chi connectivity index (χ1v) is 12.7. The molecular weight excluding hydrogens is 482 g/mol. The van der Waals surface area contributed by atoms with Gasteiger partial charge in [-0.05, 0) is 78.9 Å². The zero-order valence-electron chi connectivity index (χ0n) is 22.1. The molecule has 0 aromatic heterocycles. The first kappa shape index (κ1) is 27.2. The molecule has 0 amide bonds. The Balaban J connectivity index is 1.80. The quantitative estimate of drug-likeness (QED) is 0.253. The van der Waals surface area contributed by atoms with Crippen LogP contribution in [0.2, 0.25) is 0 Å². The van der Waals surface area contributed by atoms with Crippen molar-refractivity contribution in [3.63, 3.8) is 0 Å². The fourth-order valence-electron chi connectivity index (χ4n) is 5.11. The van der Waals surface area contributed by atoms with Crippen LogP contribution in [0.3, 0.4) is 0 Å². The molecule has 200 valence electrons. The van der Waals surface area contributed by atoms with Gasteiger partial charge in [0.1, 0.15) is 22.8 Å². The summed E-state index contributed by atoms with van der Waals surface area (Å²) in [5, 5.41) is 12.7. The Morgan fingerprint density at radius 3 is 1.63 bits per heavy atom. The van der Waals surface area contributed by atoms with E-state index in [0.717, 1.165) is 53.3 Å². The molecule has 1 aliphatic rings. The second-order valence-electron chi connectivity index (χ2n) is 9.32. The van der Waals surface area contributed by atoms with E-state index in [1.54, 1.807) is 27.4 Å². The Morgan fingerprint density at radius 1 is 0.842 bits per heavy atom. The van der Waals surface area contributed by atoms with Gasteiger partial charge in [0.2, 0.25) is 0 Å². The summed E-state index contributed by atoms with van der Waals surface area (Å²) in [6, 6.07) is 23.7. The standard InChI is InChI=1S/C31H35NO6/c1-35-26-11-5-23(6-12-26)31(24-7-13-27(36-2)14-8-24,25-9-15-28(37-3)16-10-25)38-22-20-30(18-4-21-32-30)19-17-29(33)34/h5-17,19,32H,4,18,20-22H2,1-3H3,(H,33,34)/b19-17+/t30-/m1/s1. The summed E-state index contributed by atoms with van der Waals surface area (Å²) in [4.78, 5) is 11.3. The zero-order chi connectivity index (χ0) is 27.0. The van der Waals surface area contributed by atoms with Crippen LogP contribution in [0.25, 0.3) is 0 Å². The average Bonchev–Trinajstić information content (AvgIpc) is 3.44. The second-order valence-corrected chi connectivity index (χ2v) is 9.32. The van der Waals surface area contributed by atoms with Crippen LogP contribution >= 0.6 is 0 Å². The third-order valence-corrected chi connectivity index (χ3v) is 7.18. The van der Waals surface area contributed by atoms with Crippen molar-refractivity contribution < 1.29 is 28.8 Å². The summed E-state index contributed by atoms with van der Waals surface area (Å²) in [6.45, 7) is 1.21. The van der Waals surface area contributed by atoms with Crippen molar-refractivity contribution in [3.8, 4) is 17.2 Å². The highest BCUT2D eigenvalue weighted by Gasteiger charge is 2.39. The SMILES string of the molecule is COc1ccc(C(OCC[C@]2(/C=C/C(=O)O)CCCN2)(c2ccc(OC)cc2)c2ccc(OC)cc2)cc1. The molecule has 0 aliphatic carbocycles. The van der Waals surface area contributed by atoms with E-state index in [0.29, 0.717) is 13.0 Å². The smallest absolute Gasteiger partial charge is 0.328 e. The maximum Gasteiger partial charge on any atom is 0.328 e. The van der Waals surface area contributed by atoms with Crippen LogP contribution in [0.1, 0.15) is 36.0 Å². The van der Waals surface area contributed by atoms with Crippen LogP contribution < -0.4 is 19.5 Å². The summed E-state index contributed by atoms with van der Waals surface area (Å²) < 4.78 is 23.2. The fourth-order valence-corrected chi connectivity index (χ4v) is 5.11. The first-order chi connectivity index (χ1) is 18.4. The van der Waals surface area contributed by atoms with Gasteiger partial charge in [0.25, 0.3) is 0 Å². The largest absolute Gasteiger partial charge is 0.497 e. The molecular formula is C31H35NO6. The number of aliphatic carboxylic acids is 1. The van der Waals surface area contributed by atoms with Crippen molar-refractivity contribution in [2.45, 2.75) is 30.4 Å². The maximum atomic E-state index is 11.3. The summed E-state index contributed by atoms with van der Waals surface area (Å²) in [6.07, 6.45) is 5.43. The van der Waals surface area contributed by atoms with Gasteiger partial charge in [0.15, 0.2) is 0 Å². The molecule has 1 fully saturated rings. The van der Waals surface area contributed by atoms with Crippen LogP contribution in [0.15, 0.2) is 84.9 Å². The molecule has 7 heteroatoms. The van der Waals surface area contributed by atoms with Crippen LogP contribution in [-0.2, 0) is 15.1 Å². The fraction of sp³-hybridized carbons (Fsp3) is 0.323. The topological polar surface area (TPSA) is 86.3 Å². The van der Waals surface area contributed by atoms with E-state index in [1.165, 1.54) is 6.08 Å². The lowest BCUT2D eigenvalue weighted by Crippen LogP contribution is -2.41. The van der Waals surface area contributed by atoms with E-state index >= 15 is 0 Å². The van der Waals surface area contributed by atoms with E-state index in [9.17, 15) is 9.90 Å². The molecule has 2 N–H and O–H groups in total. The van der Waals surface area contributed by atoms with Gasteiger partial charge in [-0.2, -0.15) is 0 Å². The van der Waals surface area contributed by atoms with Crippen LogP contribution in [0.5, 0.6) is 17.2 Å². The molecule has 0 spiro atoms. The molecule has 3 aromatic rings. The zero-order valence-corrected chi connectivity index (χ0v) is 22.1. The van der Waals surface area contributed by atoms with Crippen molar-refractivity contribution in [3.05, 3.63) is 102 Å². The van der Waals surface area contributed by atoms with Gasteiger partial charge in [-0.25, -0.2) is 4.79 Å². The highest BCUT2D eigenvalue weighted by Crippen LogP contribution is 2.43. The summed E-state index contributed by atoms with van der Waals surface area (Å²) in [5.41, 5.74) is 1.42. The van der Waals surface area contributed by atoms with E-state index in [2.05, 4.69) is 5.32 Å². The Hall–Kier alpha value is -3.81. The number of hydrogen-bond acceptors (Lipinski definition) is 6. The highest BCUT2D eigenvalue weighted by atomic mass is 16.5. The number of carbonyl (C=O) groups is 1. The van der Waals surface area contributed by atoms with Crippen molar-refractivity contribution >= 4 is 5.97 Å². The Morgan fingerprint density at radius 2 is 1.29 bits per heavy atom. The summed E-state index contributed by atoms with van der Waals surface area (Å²) >= 11 is 0. The van der Waals surface area contributed by atoms with Gasteiger partial charge < -0.3 is 29.4 Å². The van der Waals surface area contributed by atoms with E-state index in [-0.39, 0.29) is 0 Å². The summed E-state index contributed by atoms with van der Waals surface area (Å²) in [5.74, 6) is 1.29. The van der Waals surface area contributed by atoms with Gasteiger partial charge in [-0.1, -0.05) is 42.5 Å². The number of nitrogens with one attached hydrogen (secondary N) is 1. The van der Waals surface area contributed by atoms with Gasteiger partial charge >= 0.3 is 5.97 Å². The Labute approximate surface area is 224 Å². The molecule has 0 bridgehead atoms. The summed E-state index contributed by atoms with van der Waals surface area (Å²) in [7, 11) is 4.93. The van der Waals surface area contributed by atoms with Gasteiger partial charge in [-0.3, -0.25) is 0 Å². The van der Waals surface area contributed by atoms with Gasteiger partial charge in [0.05, 0.1) is 27.9 Å². The number of rotatable bonds is 12. The number of benzene rings is 3. The normalized spacial score (nSPS) is 17.4. The van der Waals surface area contributed by atoms with Crippen molar-refractivity contribution in [2.75, 3.05) is 34.5 Å². The number of carboxylic acids is 1. The number of carboxylic acid groups (broad SMARTS) is 1. The molecule has 1 aliphatic heterocycles. The Kier molecular flexibility index (Phi) is 8.71. The third-order valence-electron chi connectivity index (χ3n) is 7.18. The molecule has 4 rings (SSSR count). The molecule has 1 saturated heterocycles. The molecule has 0 saturated carbocycles. The predicted molar refractivity (Wildman–Crippen MR) is 146 cm³/mol. The maximum absolute atomic E-state index is 11.3. The lowest BCUT2D eigenvalue weighted by Gasteiger charge is -2.37. The van der Waals surface area contributed by atoms with Crippen LogP contribution in [0.4, 0.5) is 0 Å². The minimum atomic E-state index is -0.957. The van der Waals surface area contributed by atoms with Crippen molar-refractivity contribution in [1.29, 1.82) is 0 Å². The lowest BCUT2D eigenvalue weighted by atomic mass is 9.79. The van der Waals surface area contributed by atoms with E-state index < -0.39 is 17.1 Å². The average molecular weight is 518 g/mol. The number of methoxy groups -OCH3 is 3. The molecule has 3 aromatic carbocycles. The van der Waals surface area contributed by atoms with Crippen LogP contribution in [0, 0.1) is 0 Å². The molecule has 1 heterocycles. The molecule has 1 atom stereocenters. The van der Waals surface area contributed by atoms with E-state index in [1.807, 2.05) is 72.8 Å². The molecule has 0 radical (unpaired) electrons. The van der Waals surface area contributed by atoms with Crippen molar-refractivity contribution in [1.82, 2.24) is 5.32 Å². The first-order valence-electron chi connectivity index (χ1n) is 12.7. The Bertz CT molecular complexity index is 1100. The van der Waals surface area contributed by atoms with Crippen molar-refractivity contribution in [2.24, 2.45) is 0 Å². The molecule has 7 nitrogen and oxygen atoms in total. The predicted octanol–water partition coefficient (Wildman–Crippen LogP) is 5.17. The van der Waals surface area contributed by atoms with Gasteiger partial charge in [0, 0.05) is 11.6 Å². The lowest BCUT2D eigenvalue weighted by molar-refractivity contribution is -0.131.